The Hall–Kier alpha value is -1.69. The third-order valence-electron chi connectivity index (χ3n) is 2.65. The molecule has 6 heteroatoms. The predicted molar refractivity (Wildman–Crippen MR) is 66.9 cm³/mol. The number of aromatic nitrogens is 4. The third-order valence-corrected chi connectivity index (χ3v) is 2.65. The SMILES string of the molecule is Cc1noc(CNCc2cn(C)nc2C(C)C)n1. The Bertz CT molecular complexity index is 514. The molecule has 2 rings (SSSR count). The van der Waals surface area contributed by atoms with Crippen molar-refractivity contribution in [2.24, 2.45) is 7.05 Å². The van der Waals surface area contributed by atoms with Crippen molar-refractivity contribution in [2.75, 3.05) is 0 Å². The molecule has 0 spiro atoms. The van der Waals surface area contributed by atoms with Crippen molar-refractivity contribution in [2.45, 2.75) is 39.8 Å². The second-order valence-electron chi connectivity index (χ2n) is 4.71. The molecule has 0 unspecified atom stereocenters. The van der Waals surface area contributed by atoms with E-state index >= 15 is 0 Å². The fraction of sp³-hybridized carbons (Fsp3) is 0.583. The summed E-state index contributed by atoms with van der Waals surface area (Å²) in [5.41, 5.74) is 2.34. The summed E-state index contributed by atoms with van der Waals surface area (Å²) in [6, 6.07) is 0. The summed E-state index contributed by atoms with van der Waals surface area (Å²) >= 11 is 0. The molecule has 2 aromatic rings. The van der Waals surface area contributed by atoms with Crippen LogP contribution >= 0.6 is 0 Å². The fourth-order valence-corrected chi connectivity index (χ4v) is 1.89. The van der Waals surface area contributed by atoms with Crippen LogP contribution < -0.4 is 5.32 Å². The highest BCUT2D eigenvalue weighted by Crippen LogP contribution is 2.16. The van der Waals surface area contributed by atoms with Crippen molar-refractivity contribution >= 4 is 0 Å². The van der Waals surface area contributed by atoms with Crippen LogP contribution in [0.15, 0.2) is 10.7 Å². The van der Waals surface area contributed by atoms with E-state index in [2.05, 4.69) is 34.4 Å². The highest BCUT2D eigenvalue weighted by molar-refractivity contribution is 5.19. The van der Waals surface area contributed by atoms with Gasteiger partial charge in [0, 0.05) is 25.4 Å². The Balaban J connectivity index is 1.94. The molecule has 0 aliphatic rings. The second-order valence-corrected chi connectivity index (χ2v) is 4.71. The highest BCUT2D eigenvalue weighted by Gasteiger charge is 2.11. The van der Waals surface area contributed by atoms with Crippen molar-refractivity contribution in [3.8, 4) is 0 Å². The van der Waals surface area contributed by atoms with E-state index in [4.69, 9.17) is 4.52 Å². The van der Waals surface area contributed by atoms with Crippen molar-refractivity contribution in [3.05, 3.63) is 29.2 Å². The molecule has 0 amide bonds. The topological polar surface area (TPSA) is 68.8 Å². The molecule has 18 heavy (non-hydrogen) atoms. The van der Waals surface area contributed by atoms with Gasteiger partial charge >= 0.3 is 0 Å². The monoisotopic (exact) mass is 249 g/mol. The average molecular weight is 249 g/mol. The first-order chi connectivity index (χ1) is 8.56. The minimum absolute atomic E-state index is 0.425. The number of hydrogen-bond donors (Lipinski definition) is 1. The molecule has 0 saturated heterocycles. The van der Waals surface area contributed by atoms with E-state index in [1.807, 2.05) is 24.9 Å². The lowest BCUT2D eigenvalue weighted by Gasteiger charge is -2.05. The van der Waals surface area contributed by atoms with Gasteiger partial charge in [-0.25, -0.2) is 0 Å². The van der Waals surface area contributed by atoms with E-state index in [-0.39, 0.29) is 0 Å². The summed E-state index contributed by atoms with van der Waals surface area (Å²) in [5.74, 6) is 1.70. The van der Waals surface area contributed by atoms with E-state index in [0.29, 0.717) is 24.2 Å². The van der Waals surface area contributed by atoms with Gasteiger partial charge < -0.3 is 9.84 Å². The minimum Gasteiger partial charge on any atom is -0.338 e. The molecule has 0 aliphatic heterocycles. The molecule has 0 atom stereocenters. The van der Waals surface area contributed by atoms with Crippen LogP contribution in [0.25, 0.3) is 0 Å². The molecule has 0 fully saturated rings. The first-order valence-electron chi connectivity index (χ1n) is 6.08. The van der Waals surface area contributed by atoms with Gasteiger partial charge in [0.1, 0.15) is 0 Å². The largest absolute Gasteiger partial charge is 0.338 e. The Labute approximate surface area is 106 Å². The van der Waals surface area contributed by atoms with Crippen molar-refractivity contribution in [3.63, 3.8) is 0 Å². The zero-order valence-corrected chi connectivity index (χ0v) is 11.3. The van der Waals surface area contributed by atoms with Crippen LogP contribution in [0.5, 0.6) is 0 Å². The quantitative estimate of drug-likeness (QED) is 0.870. The van der Waals surface area contributed by atoms with Crippen molar-refractivity contribution < 1.29 is 4.52 Å². The maximum Gasteiger partial charge on any atom is 0.240 e. The Morgan fingerprint density at radius 1 is 1.39 bits per heavy atom. The smallest absolute Gasteiger partial charge is 0.240 e. The van der Waals surface area contributed by atoms with Crippen LogP contribution in [0.2, 0.25) is 0 Å². The molecule has 1 N–H and O–H groups in total. The molecule has 0 aliphatic carbocycles. The standard InChI is InChI=1S/C12H19N5O/c1-8(2)12-10(7-17(4)15-12)5-13-6-11-14-9(3)16-18-11/h7-8,13H,5-6H2,1-4H3. The first-order valence-corrected chi connectivity index (χ1v) is 6.08. The maximum atomic E-state index is 5.04. The number of nitrogens with zero attached hydrogens (tertiary/aromatic N) is 4. The fourth-order valence-electron chi connectivity index (χ4n) is 1.89. The lowest BCUT2D eigenvalue weighted by molar-refractivity contribution is 0.364. The van der Waals surface area contributed by atoms with Gasteiger partial charge in [-0.15, -0.1) is 0 Å². The lowest BCUT2D eigenvalue weighted by Crippen LogP contribution is -2.14. The molecule has 0 saturated carbocycles. The van der Waals surface area contributed by atoms with Gasteiger partial charge in [-0.3, -0.25) is 4.68 Å². The van der Waals surface area contributed by atoms with Crippen molar-refractivity contribution in [1.29, 1.82) is 0 Å². The normalized spacial score (nSPS) is 11.4. The summed E-state index contributed by atoms with van der Waals surface area (Å²) in [6.45, 7) is 7.43. The molecule has 6 nitrogen and oxygen atoms in total. The lowest BCUT2D eigenvalue weighted by atomic mass is 10.1. The summed E-state index contributed by atoms with van der Waals surface area (Å²) in [6.07, 6.45) is 2.04. The van der Waals surface area contributed by atoms with E-state index < -0.39 is 0 Å². The number of rotatable bonds is 5. The van der Waals surface area contributed by atoms with Crippen LogP contribution in [0.1, 0.15) is 42.7 Å². The minimum atomic E-state index is 0.425. The van der Waals surface area contributed by atoms with Crippen LogP contribution in [-0.4, -0.2) is 19.9 Å². The maximum absolute atomic E-state index is 5.04. The van der Waals surface area contributed by atoms with Crippen LogP contribution in [0, 0.1) is 6.92 Å². The molecule has 0 bridgehead atoms. The summed E-state index contributed by atoms with van der Waals surface area (Å²) in [4.78, 5) is 4.14. The molecule has 2 heterocycles. The highest BCUT2D eigenvalue weighted by atomic mass is 16.5. The van der Waals surface area contributed by atoms with E-state index in [1.54, 1.807) is 0 Å². The van der Waals surface area contributed by atoms with Crippen molar-refractivity contribution in [1.82, 2.24) is 25.2 Å². The van der Waals surface area contributed by atoms with Gasteiger partial charge in [0.25, 0.3) is 0 Å². The summed E-state index contributed by atoms with van der Waals surface area (Å²) < 4.78 is 6.89. The summed E-state index contributed by atoms with van der Waals surface area (Å²) in [7, 11) is 1.94. The van der Waals surface area contributed by atoms with E-state index in [1.165, 1.54) is 5.56 Å². The zero-order valence-electron chi connectivity index (χ0n) is 11.3. The van der Waals surface area contributed by atoms with Gasteiger partial charge in [0.15, 0.2) is 5.82 Å². The Morgan fingerprint density at radius 3 is 2.78 bits per heavy atom. The molecule has 98 valence electrons. The van der Waals surface area contributed by atoms with Gasteiger partial charge in [-0.1, -0.05) is 19.0 Å². The number of hydrogen-bond acceptors (Lipinski definition) is 5. The van der Waals surface area contributed by atoms with E-state index in [0.717, 1.165) is 12.2 Å². The van der Waals surface area contributed by atoms with Gasteiger partial charge in [-0.05, 0) is 12.8 Å². The first kappa shape index (κ1) is 12.8. The molecule has 0 aromatic carbocycles. The predicted octanol–water partition coefficient (Wildman–Crippen LogP) is 1.52. The van der Waals surface area contributed by atoms with Gasteiger partial charge in [0.05, 0.1) is 12.2 Å². The van der Waals surface area contributed by atoms with Gasteiger partial charge in [-0.2, -0.15) is 10.1 Å². The van der Waals surface area contributed by atoms with E-state index in [9.17, 15) is 0 Å². The number of aryl methyl sites for hydroxylation is 2. The molecular weight excluding hydrogens is 230 g/mol. The van der Waals surface area contributed by atoms with Crippen LogP contribution in [0.4, 0.5) is 0 Å². The second kappa shape index (κ2) is 5.30. The zero-order chi connectivity index (χ0) is 13.1. The van der Waals surface area contributed by atoms with Crippen LogP contribution in [-0.2, 0) is 20.1 Å². The number of nitrogens with one attached hydrogen (secondary N) is 1. The average Bonchev–Trinajstić information content (AvgIpc) is 2.85. The van der Waals surface area contributed by atoms with Gasteiger partial charge in [0.2, 0.25) is 5.89 Å². The molecule has 2 aromatic heterocycles. The Morgan fingerprint density at radius 2 is 2.17 bits per heavy atom. The summed E-state index contributed by atoms with van der Waals surface area (Å²) in [5, 5.41) is 11.5. The molecular formula is C12H19N5O. The Kier molecular flexibility index (Phi) is 3.76. The van der Waals surface area contributed by atoms with Crippen LogP contribution in [0.3, 0.4) is 0 Å². The third kappa shape index (κ3) is 2.95. The molecule has 0 radical (unpaired) electrons.